The first kappa shape index (κ1) is 14.1. The molecule has 5 nitrogen and oxygen atoms in total. The van der Waals surface area contributed by atoms with Crippen molar-refractivity contribution in [1.82, 2.24) is 10.3 Å². The average Bonchev–Trinajstić information content (AvgIpc) is 2.84. The smallest absolute Gasteiger partial charge is 0.241 e. The molecule has 2 amide bonds. The molecule has 1 aromatic rings. The lowest BCUT2D eigenvalue weighted by Gasteiger charge is -2.15. The molecule has 19 heavy (non-hydrogen) atoms. The number of nitrogens with one attached hydrogen (secondary N) is 1. The van der Waals surface area contributed by atoms with Crippen LogP contribution in [0.15, 0.2) is 5.38 Å². The minimum Gasteiger partial charge on any atom is -0.309 e. The highest BCUT2D eigenvalue weighted by Crippen LogP contribution is 2.36. The zero-order chi connectivity index (χ0) is 14.2. The molecule has 0 bridgehead atoms. The standard InChI is InChI=1S/C13H19N3O2S/c1-5-14-8(2)9-7-19-12(15-9)16-10(17)6-13(3,4)11(16)18/h7-8,14H,5-6H2,1-4H3. The molecule has 2 rings (SSSR count). The minimum absolute atomic E-state index is 0.121. The number of thiazole rings is 1. The van der Waals surface area contributed by atoms with Crippen LogP contribution in [0.3, 0.4) is 0 Å². The van der Waals surface area contributed by atoms with E-state index in [1.54, 1.807) is 13.8 Å². The fourth-order valence-corrected chi connectivity index (χ4v) is 3.06. The maximum atomic E-state index is 12.2. The van der Waals surface area contributed by atoms with E-state index in [0.29, 0.717) is 5.13 Å². The summed E-state index contributed by atoms with van der Waals surface area (Å²) in [5, 5.41) is 5.64. The first-order valence-electron chi connectivity index (χ1n) is 6.43. The molecule has 104 valence electrons. The third-order valence-corrected chi connectivity index (χ3v) is 4.12. The van der Waals surface area contributed by atoms with Crippen LogP contribution < -0.4 is 10.2 Å². The number of aromatic nitrogens is 1. The fourth-order valence-electron chi connectivity index (χ4n) is 2.13. The molecule has 1 aliphatic heterocycles. The highest BCUT2D eigenvalue weighted by Gasteiger charge is 2.46. The molecule has 0 radical (unpaired) electrons. The van der Waals surface area contributed by atoms with Gasteiger partial charge in [-0.05, 0) is 13.5 Å². The van der Waals surface area contributed by atoms with E-state index < -0.39 is 5.41 Å². The molecular formula is C13H19N3O2S. The summed E-state index contributed by atoms with van der Waals surface area (Å²) in [4.78, 5) is 29.8. The van der Waals surface area contributed by atoms with E-state index in [2.05, 4.69) is 10.3 Å². The molecule has 0 aromatic carbocycles. The van der Waals surface area contributed by atoms with Gasteiger partial charge in [0.2, 0.25) is 11.8 Å². The topological polar surface area (TPSA) is 62.3 Å². The van der Waals surface area contributed by atoms with Crippen LogP contribution in [-0.4, -0.2) is 23.3 Å². The number of imide groups is 1. The largest absolute Gasteiger partial charge is 0.309 e. The van der Waals surface area contributed by atoms with Crippen LogP contribution in [0.2, 0.25) is 0 Å². The second kappa shape index (κ2) is 5.02. The minimum atomic E-state index is -0.615. The van der Waals surface area contributed by atoms with Gasteiger partial charge in [-0.1, -0.05) is 20.8 Å². The molecule has 1 aliphatic rings. The summed E-state index contributed by atoms with van der Waals surface area (Å²) < 4.78 is 0. The van der Waals surface area contributed by atoms with Crippen molar-refractivity contribution in [3.05, 3.63) is 11.1 Å². The Kier molecular flexibility index (Phi) is 3.73. The summed E-state index contributed by atoms with van der Waals surface area (Å²) in [7, 11) is 0. The van der Waals surface area contributed by atoms with Gasteiger partial charge in [0.25, 0.3) is 0 Å². The Bertz CT molecular complexity index is 510. The van der Waals surface area contributed by atoms with Crippen LogP contribution >= 0.6 is 11.3 Å². The normalized spacial score (nSPS) is 20.1. The highest BCUT2D eigenvalue weighted by atomic mass is 32.1. The van der Waals surface area contributed by atoms with Gasteiger partial charge < -0.3 is 5.32 Å². The number of rotatable bonds is 4. The average molecular weight is 281 g/mol. The summed E-state index contributed by atoms with van der Waals surface area (Å²) in [6.45, 7) is 8.48. The number of nitrogens with zero attached hydrogens (tertiary/aromatic N) is 2. The zero-order valence-corrected chi connectivity index (χ0v) is 12.5. The van der Waals surface area contributed by atoms with Crippen molar-refractivity contribution in [1.29, 1.82) is 0 Å². The molecule has 1 atom stereocenters. The second-order valence-corrected chi connectivity index (χ2v) is 6.27. The first-order valence-corrected chi connectivity index (χ1v) is 7.31. The van der Waals surface area contributed by atoms with Crippen LogP contribution in [0.25, 0.3) is 0 Å². The third kappa shape index (κ3) is 2.55. The lowest BCUT2D eigenvalue weighted by atomic mass is 9.92. The van der Waals surface area contributed by atoms with E-state index in [1.807, 2.05) is 19.2 Å². The van der Waals surface area contributed by atoms with E-state index in [4.69, 9.17) is 0 Å². The molecule has 1 aromatic heterocycles. The van der Waals surface area contributed by atoms with Crippen molar-refractivity contribution in [2.24, 2.45) is 5.41 Å². The number of hydrogen-bond donors (Lipinski definition) is 1. The Morgan fingerprint density at radius 2 is 2.21 bits per heavy atom. The highest BCUT2D eigenvalue weighted by molar-refractivity contribution is 7.14. The van der Waals surface area contributed by atoms with Crippen molar-refractivity contribution in [2.45, 2.75) is 40.2 Å². The van der Waals surface area contributed by atoms with Crippen molar-refractivity contribution in [2.75, 3.05) is 11.4 Å². The Morgan fingerprint density at radius 3 is 2.74 bits per heavy atom. The van der Waals surface area contributed by atoms with Crippen LogP contribution in [0.5, 0.6) is 0 Å². The van der Waals surface area contributed by atoms with Crippen LogP contribution in [0, 0.1) is 5.41 Å². The fraction of sp³-hybridized carbons (Fsp3) is 0.615. The van der Waals surface area contributed by atoms with E-state index in [9.17, 15) is 9.59 Å². The summed E-state index contributed by atoms with van der Waals surface area (Å²) in [6, 6.07) is 0.121. The van der Waals surface area contributed by atoms with E-state index in [0.717, 1.165) is 12.2 Å². The van der Waals surface area contributed by atoms with Crippen LogP contribution in [0.1, 0.15) is 45.9 Å². The molecular weight excluding hydrogens is 262 g/mol. The van der Waals surface area contributed by atoms with Crippen molar-refractivity contribution in [3.63, 3.8) is 0 Å². The molecule has 0 aliphatic carbocycles. The molecule has 0 spiro atoms. The molecule has 1 fully saturated rings. The predicted molar refractivity (Wildman–Crippen MR) is 75.1 cm³/mol. The Labute approximate surface area is 117 Å². The summed E-state index contributed by atoms with van der Waals surface area (Å²) in [6.07, 6.45) is 0.253. The van der Waals surface area contributed by atoms with Crippen LogP contribution in [0.4, 0.5) is 5.13 Å². The number of amides is 2. The first-order chi connectivity index (χ1) is 8.86. The Hall–Kier alpha value is -1.27. The molecule has 1 saturated heterocycles. The van der Waals surface area contributed by atoms with Gasteiger partial charge in [-0.25, -0.2) is 9.88 Å². The van der Waals surface area contributed by atoms with Crippen LogP contribution in [-0.2, 0) is 9.59 Å². The lowest BCUT2D eigenvalue weighted by molar-refractivity contribution is -0.124. The maximum absolute atomic E-state index is 12.2. The van der Waals surface area contributed by atoms with Gasteiger partial charge in [-0.15, -0.1) is 11.3 Å². The third-order valence-electron chi connectivity index (χ3n) is 3.28. The molecule has 6 heteroatoms. The van der Waals surface area contributed by atoms with Gasteiger partial charge in [0.15, 0.2) is 5.13 Å². The zero-order valence-electron chi connectivity index (χ0n) is 11.7. The summed E-state index contributed by atoms with van der Waals surface area (Å²) in [5.41, 5.74) is 0.253. The van der Waals surface area contributed by atoms with E-state index in [-0.39, 0.29) is 24.3 Å². The van der Waals surface area contributed by atoms with Gasteiger partial charge in [-0.2, -0.15) is 0 Å². The van der Waals surface area contributed by atoms with E-state index in [1.165, 1.54) is 16.2 Å². The van der Waals surface area contributed by atoms with Crippen molar-refractivity contribution >= 4 is 28.3 Å². The predicted octanol–water partition coefficient (Wildman–Crippen LogP) is 2.10. The van der Waals surface area contributed by atoms with E-state index >= 15 is 0 Å². The van der Waals surface area contributed by atoms with Gasteiger partial charge >= 0.3 is 0 Å². The SMILES string of the molecule is CCNC(C)c1csc(N2C(=O)CC(C)(C)C2=O)n1. The Morgan fingerprint density at radius 1 is 1.53 bits per heavy atom. The summed E-state index contributed by atoms with van der Waals surface area (Å²) >= 11 is 1.34. The number of carbonyl (C=O) groups is 2. The molecule has 1 unspecified atom stereocenters. The Balaban J connectivity index is 2.24. The quantitative estimate of drug-likeness (QED) is 0.859. The van der Waals surface area contributed by atoms with Gasteiger partial charge in [0.05, 0.1) is 11.1 Å². The number of hydrogen-bond acceptors (Lipinski definition) is 5. The van der Waals surface area contributed by atoms with Gasteiger partial charge in [0, 0.05) is 17.8 Å². The van der Waals surface area contributed by atoms with Crippen molar-refractivity contribution in [3.8, 4) is 0 Å². The summed E-state index contributed by atoms with van der Waals surface area (Å²) in [5.74, 6) is -0.318. The number of carbonyl (C=O) groups excluding carboxylic acids is 2. The van der Waals surface area contributed by atoms with Gasteiger partial charge in [0.1, 0.15) is 0 Å². The molecule has 0 saturated carbocycles. The molecule has 2 heterocycles. The maximum Gasteiger partial charge on any atom is 0.241 e. The monoisotopic (exact) mass is 281 g/mol. The molecule has 1 N–H and O–H groups in total. The number of anilines is 1. The second-order valence-electron chi connectivity index (χ2n) is 5.43. The van der Waals surface area contributed by atoms with Gasteiger partial charge in [-0.3, -0.25) is 9.59 Å². The van der Waals surface area contributed by atoms with Crippen molar-refractivity contribution < 1.29 is 9.59 Å². The lowest BCUT2D eigenvalue weighted by Crippen LogP contribution is -2.33.